The van der Waals surface area contributed by atoms with Crippen LogP contribution in [0.2, 0.25) is 0 Å². The second-order valence-corrected chi connectivity index (χ2v) is 5.26. The van der Waals surface area contributed by atoms with Gasteiger partial charge in [0.15, 0.2) is 0 Å². The third-order valence-electron chi connectivity index (χ3n) is 4.23. The zero-order valence-corrected chi connectivity index (χ0v) is 9.08. The van der Waals surface area contributed by atoms with E-state index in [0.717, 1.165) is 17.8 Å². The molecule has 3 fully saturated rings. The minimum Gasteiger partial charge on any atom is -0.314 e. The standard InChI is InChI=1S/C11H21N3/c1-13-6-9-10(7-13)11(9)8-14-4-2-12-3-5-14/h9-12H,2-8H2,1H3. The Morgan fingerprint density at radius 3 is 2.43 bits per heavy atom. The highest BCUT2D eigenvalue weighted by atomic mass is 15.2. The Balaban J connectivity index is 1.46. The van der Waals surface area contributed by atoms with Crippen LogP contribution in [0.5, 0.6) is 0 Å². The average molecular weight is 195 g/mol. The van der Waals surface area contributed by atoms with Gasteiger partial charge in [0.25, 0.3) is 0 Å². The molecule has 1 saturated carbocycles. The first-order valence-corrected chi connectivity index (χ1v) is 5.96. The Bertz CT molecular complexity index is 201. The van der Waals surface area contributed by atoms with Crippen molar-refractivity contribution in [3.8, 4) is 0 Å². The molecule has 0 amide bonds. The fourth-order valence-electron chi connectivity index (χ4n) is 3.32. The topological polar surface area (TPSA) is 18.5 Å². The SMILES string of the molecule is CN1CC2C(C1)C2CN1CCNCC1. The van der Waals surface area contributed by atoms with Crippen molar-refractivity contribution in [1.29, 1.82) is 0 Å². The van der Waals surface area contributed by atoms with E-state index >= 15 is 0 Å². The lowest BCUT2D eigenvalue weighted by atomic mass is 10.2. The first-order chi connectivity index (χ1) is 6.84. The van der Waals surface area contributed by atoms with E-state index in [1.807, 2.05) is 0 Å². The predicted molar refractivity (Wildman–Crippen MR) is 57.3 cm³/mol. The second kappa shape index (κ2) is 3.47. The van der Waals surface area contributed by atoms with Gasteiger partial charge in [0.05, 0.1) is 0 Å². The van der Waals surface area contributed by atoms with Gasteiger partial charge in [0.2, 0.25) is 0 Å². The number of hydrogen-bond donors (Lipinski definition) is 1. The number of likely N-dealkylation sites (tertiary alicyclic amines) is 1. The van der Waals surface area contributed by atoms with E-state index in [2.05, 4.69) is 22.2 Å². The number of hydrogen-bond acceptors (Lipinski definition) is 3. The van der Waals surface area contributed by atoms with E-state index in [9.17, 15) is 0 Å². The summed E-state index contributed by atoms with van der Waals surface area (Å²) in [6.07, 6.45) is 0. The Labute approximate surface area is 86.4 Å². The molecule has 2 heterocycles. The molecular weight excluding hydrogens is 174 g/mol. The van der Waals surface area contributed by atoms with Gasteiger partial charge < -0.3 is 15.1 Å². The van der Waals surface area contributed by atoms with E-state index < -0.39 is 0 Å². The van der Waals surface area contributed by atoms with Crippen LogP contribution in [-0.4, -0.2) is 62.7 Å². The zero-order chi connectivity index (χ0) is 9.54. The van der Waals surface area contributed by atoms with Gasteiger partial charge in [0.1, 0.15) is 0 Å². The van der Waals surface area contributed by atoms with Gasteiger partial charge in [-0.05, 0) is 24.8 Å². The van der Waals surface area contributed by atoms with Crippen LogP contribution in [0.3, 0.4) is 0 Å². The Kier molecular flexibility index (Phi) is 2.26. The summed E-state index contributed by atoms with van der Waals surface area (Å²) >= 11 is 0. The van der Waals surface area contributed by atoms with Crippen LogP contribution >= 0.6 is 0 Å². The third kappa shape index (κ3) is 1.58. The molecule has 0 aromatic heterocycles. The van der Waals surface area contributed by atoms with Crippen molar-refractivity contribution in [2.45, 2.75) is 0 Å². The van der Waals surface area contributed by atoms with Gasteiger partial charge in [-0.2, -0.15) is 0 Å². The molecule has 0 bridgehead atoms. The maximum absolute atomic E-state index is 3.42. The van der Waals surface area contributed by atoms with Crippen molar-refractivity contribution < 1.29 is 0 Å². The predicted octanol–water partition coefficient (Wildman–Crippen LogP) is -0.301. The number of nitrogens with one attached hydrogen (secondary N) is 1. The zero-order valence-electron chi connectivity index (χ0n) is 9.08. The summed E-state index contributed by atoms with van der Waals surface area (Å²) in [4.78, 5) is 5.14. The molecule has 3 heteroatoms. The van der Waals surface area contributed by atoms with E-state index in [0.29, 0.717) is 0 Å². The van der Waals surface area contributed by atoms with Crippen LogP contribution in [-0.2, 0) is 0 Å². The van der Waals surface area contributed by atoms with Crippen LogP contribution in [0.4, 0.5) is 0 Å². The molecule has 1 aliphatic carbocycles. The average Bonchev–Trinajstić information content (AvgIpc) is 2.67. The summed E-state index contributed by atoms with van der Waals surface area (Å²) in [5, 5.41) is 3.42. The maximum atomic E-state index is 3.42. The van der Waals surface area contributed by atoms with Crippen molar-refractivity contribution in [2.75, 3.05) is 52.9 Å². The summed E-state index contributed by atoms with van der Waals surface area (Å²) in [5.74, 6) is 3.15. The van der Waals surface area contributed by atoms with Crippen LogP contribution in [0.25, 0.3) is 0 Å². The molecule has 0 spiro atoms. The normalized spacial score (nSPS) is 43.9. The van der Waals surface area contributed by atoms with Gasteiger partial charge in [-0.25, -0.2) is 0 Å². The highest BCUT2D eigenvalue weighted by molar-refractivity contribution is 5.05. The minimum atomic E-state index is 1.05. The highest BCUT2D eigenvalue weighted by Crippen LogP contribution is 2.51. The molecule has 0 aromatic carbocycles. The Morgan fingerprint density at radius 1 is 1.14 bits per heavy atom. The maximum Gasteiger partial charge on any atom is 0.0107 e. The molecular formula is C11H21N3. The van der Waals surface area contributed by atoms with Crippen molar-refractivity contribution in [2.24, 2.45) is 17.8 Å². The smallest absolute Gasteiger partial charge is 0.0107 e. The van der Waals surface area contributed by atoms with Gasteiger partial charge in [0, 0.05) is 45.8 Å². The summed E-state index contributed by atoms with van der Waals surface area (Å²) in [5.41, 5.74) is 0. The van der Waals surface area contributed by atoms with Crippen LogP contribution in [0.1, 0.15) is 0 Å². The minimum absolute atomic E-state index is 1.05. The van der Waals surface area contributed by atoms with Gasteiger partial charge in [-0.1, -0.05) is 0 Å². The highest BCUT2D eigenvalue weighted by Gasteiger charge is 2.54. The van der Waals surface area contributed by atoms with Gasteiger partial charge >= 0.3 is 0 Å². The summed E-state index contributed by atoms with van der Waals surface area (Å²) in [7, 11) is 2.26. The molecule has 3 aliphatic rings. The molecule has 14 heavy (non-hydrogen) atoms. The van der Waals surface area contributed by atoms with E-state index in [1.54, 1.807) is 0 Å². The molecule has 2 aliphatic heterocycles. The first kappa shape index (κ1) is 9.13. The summed E-state index contributed by atoms with van der Waals surface area (Å²) < 4.78 is 0. The van der Waals surface area contributed by atoms with Crippen molar-refractivity contribution in [3.63, 3.8) is 0 Å². The van der Waals surface area contributed by atoms with Gasteiger partial charge in [-0.3, -0.25) is 0 Å². The Hall–Kier alpha value is -0.120. The molecule has 3 rings (SSSR count). The molecule has 2 atom stereocenters. The van der Waals surface area contributed by atoms with E-state index in [4.69, 9.17) is 0 Å². The van der Waals surface area contributed by atoms with E-state index in [1.165, 1.54) is 45.8 Å². The fraction of sp³-hybridized carbons (Fsp3) is 1.00. The molecule has 0 radical (unpaired) electrons. The Morgan fingerprint density at radius 2 is 1.79 bits per heavy atom. The lowest BCUT2D eigenvalue weighted by molar-refractivity contribution is 0.212. The summed E-state index contributed by atoms with van der Waals surface area (Å²) in [6, 6.07) is 0. The van der Waals surface area contributed by atoms with Crippen LogP contribution in [0, 0.1) is 17.8 Å². The first-order valence-electron chi connectivity index (χ1n) is 5.96. The van der Waals surface area contributed by atoms with Gasteiger partial charge in [-0.15, -0.1) is 0 Å². The monoisotopic (exact) mass is 195 g/mol. The summed E-state index contributed by atoms with van der Waals surface area (Å²) in [6.45, 7) is 9.04. The third-order valence-corrected chi connectivity index (χ3v) is 4.23. The number of nitrogens with zero attached hydrogens (tertiary/aromatic N) is 2. The number of piperazine rings is 1. The number of fused-ring (bicyclic) bond motifs is 1. The largest absolute Gasteiger partial charge is 0.314 e. The molecule has 0 aromatic rings. The van der Waals surface area contributed by atoms with Crippen LogP contribution < -0.4 is 5.32 Å². The lowest BCUT2D eigenvalue weighted by Crippen LogP contribution is -2.44. The molecule has 3 nitrogen and oxygen atoms in total. The molecule has 2 unspecified atom stereocenters. The van der Waals surface area contributed by atoms with Crippen molar-refractivity contribution in [3.05, 3.63) is 0 Å². The molecule has 80 valence electrons. The molecule has 1 N–H and O–H groups in total. The number of rotatable bonds is 2. The number of piperidine rings is 1. The fourth-order valence-corrected chi connectivity index (χ4v) is 3.32. The van der Waals surface area contributed by atoms with E-state index in [-0.39, 0.29) is 0 Å². The quantitative estimate of drug-likeness (QED) is 0.652. The van der Waals surface area contributed by atoms with Crippen LogP contribution in [0.15, 0.2) is 0 Å². The lowest BCUT2D eigenvalue weighted by Gasteiger charge is -2.28. The van der Waals surface area contributed by atoms with Crippen molar-refractivity contribution >= 4 is 0 Å². The second-order valence-electron chi connectivity index (χ2n) is 5.26. The molecule has 2 saturated heterocycles. The van der Waals surface area contributed by atoms with Crippen molar-refractivity contribution in [1.82, 2.24) is 15.1 Å².